The van der Waals surface area contributed by atoms with Gasteiger partial charge < -0.3 is 10.5 Å². The van der Waals surface area contributed by atoms with Crippen LogP contribution in [-0.2, 0) is 14.6 Å². The van der Waals surface area contributed by atoms with Crippen LogP contribution in [0.1, 0.15) is 0 Å². The second-order valence-corrected chi connectivity index (χ2v) is 3.96. The van der Waals surface area contributed by atoms with Gasteiger partial charge in [-0.05, 0) is 0 Å². The van der Waals surface area contributed by atoms with Crippen LogP contribution in [0.5, 0.6) is 0 Å². The topological polar surface area (TPSA) is 69.4 Å². The van der Waals surface area contributed by atoms with Gasteiger partial charge in [-0.2, -0.15) is 0 Å². The summed E-state index contributed by atoms with van der Waals surface area (Å²) in [6.45, 7) is 0.269. The van der Waals surface area contributed by atoms with Gasteiger partial charge in [-0.15, -0.1) is 0 Å². The molecule has 5 heteroatoms. The lowest BCUT2D eigenvalue weighted by Gasteiger charge is -1.96. The molecule has 56 valence electrons. The molecule has 0 saturated heterocycles. The van der Waals surface area contributed by atoms with E-state index < -0.39 is 9.84 Å². The normalized spacial score (nSPS) is 11.8. The van der Waals surface area contributed by atoms with Crippen molar-refractivity contribution in [3.63, 3.8) is 0 Å². The highest BCUT2D eigenvalue weighted by Gasteiger charge is 1.99. The summed E-state index contributed by atoms with van der Waals surface area (Å²) >= 11 is 0. The van der Waals surface area contributed by atoms with E-state index in [0.29, 0.717) is 0 Å². The summed E-state index contributed by atoms with van der Waals surface area (Å²) < 4.78 is 25.4. The quantitative estimate of drug-likeness (QED) is 0.414. The Morgan fingerprint density at radius 3 is 2.44 bits per heavy atom. The summed E-state index contributed by atoms with van der Waals surface area (Å²) in [6.07, 6.45) is 1.16. The molecule has 0 aliphatic heterocycles. The van der Waals surface area contributed by atoms with Gasteiger partial charge in [-0.25, -0.2) is 8.42 Å². The Kier molecular flexibility index (Phi) is 3.76. The average molecular weight is 153 g/mol. The van der Waals surface area contributed by atoms with Crippen LogP contribution in [0, 0.1) is 0 Å². The maximum absolute atomic E-state index is 10.4. The second-order valence-electron chi connectivity index (χ2n) is 1.70. The molecule has 0 amide bonds. The van der Waals surface area contributed by atoms with E-state index in [4.69, 9.17) is 5.73 Å². The van der Waals surface area contributed by atoms with Crippen LogP contribution in [0.25, 0.3) is 0 Å². The van der Waals surface area contributed by atoms with E-state index in [2.05, 4.69) is 4.74 Å². The molecule has 0 aliphatic rings. The zero-order valence-corrected chi connectivity index (χ0v) is 6.15. The Morgan fingerprint density at radius 2 is 2.11 bits per heavy atom. The molecule has 2 N–H and O–H groups in total. The zero-order valence-electron chi connectivity index (χ0n) is 5.33. The fourth-order valence-corrected chi connectivity index (χ4v) is 0.714. The van der Waals surface area contributed by atoms with Gasteiger partial charge in [0.1, 0.15) is 9.84 Å². The first-order valence-electron chi connectivity index (χ1n) is 2.52. The Balaban J connectivity index is 3.30. The van der Waals surface area contributed by atoms with Gasteiger partial charge in [-0.1, -0.05) is 0 Å². The summed E-state index contributed by atoms with van der Waals surface area (Å²) in [5.41, 5.74) is 4.94. The predicted octanol–water partition coefficient (Wildman–Crippen LogP) is -1.04. The van der Waals surface area contributed by atoms with Crippen LogP contribution in [0.15, 0.2) is 0 Å². The van der Waals surface area contributed by atoms with Crippen molar-refractivity contribution in [2.45, 2.75) is 0 Å². The van der Waals surface area contributed by atoms with Gasteiger partial charge in [-0.3, -0.25) is 0 Å². The number of ether oxygens (including phenoxy) is 1. The Hall–Kier alpha value is -0.130. The molecule has 0 bridgehead atoms. The molecule has 4 nitrogen and oxygen atoms in total. The van der Waals surface area contributed by atoms with Gasteiger partial charge in [0.05, 0.1) is 19.1 Å². The third kappa shape index (κ3) is 7.87. The van der Waals surface area contributed by atoms with Gasteiger partial charge in [0.15, 0.2) is 0 Å². The van der Waals surface area contributed by atoms with Gasteiger partial charge in [0.2, 0.25) is 0 Å². The summed E-state index contributed by atoms with van der Waals surface area (Å²) in [7, 11) is -2.88. The van der Waals surface area contributed by atoms with Gasteiger partial charge in [0, 0.05) is 6.26 Å². The van der Waals surface area contributed by atoms with Crippen LogP contribution >= 0.6 is 0 Å². The first kappa shape index (κ1) is 8.87. The van der Waals surface area contributed by atoms with E-state index in [1.807, 2.05) is 0 Å². The van der Waals surface area contributed by atoms with Crippen LogP contribution < -0.4 is 5.73 Å². The maximum atomic E-state index is 10.4. The highest BCUT2D eigenvalue weighted by molar-refractivity contribution is 7.90. The van der Waals surface area contributed by atoms with Crippen LogP contribution in [0.2, 0.25) is 0 Å². The smallest absolute Gasteiger partial charge is 0.149 e. The Labute approximate surface area is 54.9 Å². The van der Waals surface area contributed by atoms with E-state index in [1.165, 1.54) is 0 Å². The van der Waals surface area contributed by atoms with Crippen molar-refractivity contribution in [2.75, 3.05) is 25.3 Å². The lowest BCUT2D eigenvalue weighted by Crippen LogP contribution is -2.13. The molecule has 0 aromatic carbocycles. The summed E-state index contributed by atoms with van der Waals surface area (Å²) in [5.74, 6) is 0.0458. The standard InChI is InChI=1S/C4H11NO3S/c1-9(6,7)3-2-8-4-5/h2-5H2,1H3. The summed E-state index contributed by atoms with van der Waals surface area (Å²) in [6, 6.07) is 0. The summed E-state index contributed by atoms with van der Waals surface area (Å²) in [4.78, 5) is 0. The highest BCUT2D eigenvalue weighted by atomic mass is 32.2. The van der Waals surface area contributed by atoms with Crippen molar-refractivity contribution in [2.24, 2.45) is 5.73 Å². The van der Waals surface area contributed by atoms with E-state index in [1.54, 1.807) is 0 Å². The molecule has 0 aliphatic carbocycles. The SMILES string of the molecule is CS(=O)(=O)CCOCN. The molecule has 0 aromatic rings. The molecule has 9 heavy (non-hydrogen) atoms. The van der Waals surface area contributed by atoms with Crippen molar-refractivity contribution in [3.05, 3.63) is 0 Å². The van der Waals surface area contributed by atoms with Crippen molar-refractivity contribution < 1.29 is 13.2 Å². The van der Waals surface area contributed by atoms with Crippen molar-refractivity contribution in [1.29, 1.82) is 0 Å². The largest absolute Gasteiger partial charge is 0.365 e. The number of hydrogen-bond acceptors (Lipinski definition) is 4. The number of hydrogen-bond donors (Lipinski definition) is 1. The van der Waals surface area contributed by atoms with Gasteiger partial charge in [0.25, 0.3) is 0 Å². The van der Waals surface area contributed by atoms with Crippen LogP contribution in [-0.4, -0.2) is 33.8 Å². The fraction of sp³-hybridized carbons (Fsp3) is 1.00. The number of sulfone groups is 1. The average Bonchev–Trinajstić information content (AvgIpc) is 1.63. The van der Waals surface area contributed by atoms with E-state index in [9.17, 15) is 8.42 Å². The van der Waals surface area contributed by atoms with Crippen LogP contribution in [0.4, 0.5) is 0 Å². The number of nitrogens with two attached hydrogens (primary N) is 1. The first-order chi connectivity index (χ1) is 4.06. The molecule has 0 heterocycles. The van der Waals surface area contributed by atoms with E-state index in [0.717, 1.165) is 6.26 Å². The molecule has 0 rings (SSSR count). The van der Waals surface area contributed by atoms with Gasteiger partial charge >= 0.3 is 0 Å². The molecule has 0 spiro atoms. The van der Waals surface area contributed by atoms with Crippen LogP contribution in [0.3, 0.4) is 0 Å². The third-order valence-electron chi connectivity index (χ3n) is 0.716. The Bertz CT molecular complexity index is 151. The maximum Gasteiger partial charge on any atom is 0.149 e. The first-order valence-corrected chi connectivity index (χ1v) is 4.58. The highest BCUT2D eigenvalue weighted by Crippen LogP contribution is 1.81. The minimum absolute atomic E-state index is 0.0458. The van der Waals surface area contributed by atoms with Crippen molar-refractivity contribution in [3.8, 4) is 0 Å². The van der Waals surface area contributed by atoms with E-state index in [-0.39, 0.29) is 19.1 Å². The zero-order chi connectivity index (χ0) is 7.33. The second kappa shape index (κ2) is 3.81. The molecule has 0 saturated carbocycles. The van der Waals surface area contributed by atoms with Crippen molar-refractivity contribution in [1.82, 2.24) is 0 Å². The molecular formula is C4H11NO3S. The van der Waals surface area contributed by atoms with E-state index >= 15 is 0 Å². The third-order valence-corrected chi connectivity index (χ3v) is 1.62. The van der Waals surface area contributed by atoms with Crippen molar-refractivity contribution >= 4 is 9.84 Å². The monoisotopic (exact) mass is 153 g/mol. The minimum Gasteiger partial charge on any atom is -0.365 e. The molecule has 0 unspecified atom stereocenters. The Morgan fingerprint density at radius 1 is 1.56 bits per heavy atom. The number of rotatable bonds is 4. The molecule has 0 atom stereocenters. The lowest BCUT2D eigenvalue weighted by molar-refractivity contribution is 0.156. The summed E-state index contributed by atoms with van der Waals surface area (Å²) in [5, 5.41) is 0. The molecule has 0 aromatic heterocycles. The molecule has 0 radical (unpaired) electrons. The fourth-order valence-electron chi connectivity index (χ4n) is 0.294. The lowest BCUT2D eigenvalue weighted by atomic mass is 10.9. The predicted molar refractivity (Wildman–Crippen MR) is 34.7 cm³/mol. The molecule has 0 fully saturated rings. The molecular weight excluding hydrogens is 142 g/mol. The minimum atomic E-state index is -2.88.